The maximum atomic E-state index is 12.2. The van der Waals surface area contributed by atoms with Gasteiger partial charge in [0.25, 0.3) is 0 Å². The normalized spacial score (nSPS) is 11.9. The van der Waals surface area contributed by atoms with E-state index in [0.717, 1.165) is 6.54 Å². The number of rotatable bonds is 7. The zero-order valence-electron chi connectivity index (χ0n) is 10.7. The summed E-state index contributed by atoms with van der Waals surface area (Å²) in [5.41, 5.74) is 0. The molecule has 0 atom stereocenters. The highest BCUT2D eigenvalue weighted by molar-refractivity contribution is 9.10. The van der Waals surface area contributed by atoms with E-state index in [1.54, 1.807) is 0 Å². The lowest BCUT2D eigenvalue weighted by Crippen LogP contribution is -2.23. The van der Waals surface area contributed by atoms with Gasteiger partial charge >= 0.3 is 0 Å². The molecule has 0 aliphatic rings. The fourth-order valence-electron chi connectivity index (χ4n) is 1.47. The topological polar surface area (TPSA) is 113 Å². The summed E-state index contributed by atoms with van der Waals surface area (Å²) >= 11 is 3.11. The maximum Gasteiger partial charge on any atom is 0.245 e. The molecule has 0 aliphatic carbocycles. The lowest BCUT2D eigenvalue weighted by molar-refractivity contribution is 0.464. The van der Waals surface area contributed by atoms with Gasteiger partial charge in [0.05, 0.1) is 13.1 Å². The van der Waals surface area contributed by atoms with Crippen LogP contribution in [0.1, 0.15) is 18.5 Å². The number of nitrogens with one attached hydrogen (secondary N) is 3. The van der Waals surface area contributed by atoms with Crippen molar-refractivity contribution in [1.29, 1.82) is 0 Å². The number of furan rings is 1. The van der Waals surface area contributed by atoms with Crippen LogP contribution in [0, 0.1) is 0 Å². The van der Waals surface area contributed by atoms with E-state index < -0.39 is 10.0 Å². The standard InChI is InChI=1S/C10H14BrN5O3S/c1-2-12-4-7-3-8(10(11)19-7)20(17,18)15-5-9-13-6-14-16-9/h3,6,12,15H,2,4-5H2,1H3,(H,13,14,16). The van der Waals surface area contributed by atoms with Gasteiger partial charge in [0.2, 0.25) is 10.0 Å². The molecule has 2 rings (SSSR count). The highest BCUT2D eigenvalue weighted by atomic mass is 79.9. The molecule has 0 saturated heterocycles. The maximum absolute atomic E-state index is 12.2. The summed E-state index contributed by atoms with van der Waals surface area (Å²) < 4.78 is 32.2. The second kappa shape index (κ2) is 6.48. The Hall–Kier alpha value is -1.23. The van der Waals surface area contributed by atoms with Crippen LogP contribution in [0.25, 0.3) is 0 Å². The molecule has 20 heavy (non-hydrogen) atoms. The first-order valence-corrected chi connectivity index (χ1v) is 8.13. The monoisotopic (exact) mass is 363 g/mol. The first kappa shape index (κ1) is 15.2. The van der Waals surface area contributed by atoms with Gasteiger partial charge in [-0.3, -0.25) is 5.10 Å². The third-order valence-corrected chi connectivity index (χ3v) is 4.70. The van der Waals surface area contributed by atoms with Gasteiger partial charge in [0.1, 0.15) is 22.8 Å². The predicted molar refractivity (Wildman–Crippen MR) is 74.2 cm³/mol. The molecule has 2 heterocycles. The molecule has 10 heteroatoms. The van der Waals surface area contributed by atoms with Crippen LogP contribution in [-0.2, 0) is 23.1 Å². The molecule has 0 aliphatic heterocycles. The van der Waals surface area contributed by atoms with Crippen LogP contribution in [0.3, 0.4) is 0 Å². The third-order valence-electron chi connectivity index (χ3n) is 2.44. The van der Waals surface area contributed by atoms with Crippen LogP contribution >= 0.6 is 15.9 Å². The molecule has 8 nitrogen and oxygen atoms in total. The molecule has 0 aromatic carbocycles. The Kier molecular flexibility index (Phi) is 4.91. The molecule has 0 bridgehead atoms. The molecule has 0 spiro atoms. The first-order chi connectivity index (χ1) is 9.53. The van der Waals surface area contributed by atoms with Gasteiger partial charge in [-0.25, -0.2) is 18.1 Å². The summed E-state index contributed by atoms with van der Waals surface area (Å²) in [5, 5.41) is 9.28. The Morgan fingerprint density at radius 2 is 2.25 bits per heavy atom. The van der Waals surface area contributed by atoms with Crippen LogP contribution < -0.4 is 10.0 Å². The first-order valence-electron chi connectivity index (χ1n) is 5.85. The molecular weight excluding hydrogens is 350 g/mol. The fraction of sp³-hybridized carbons (Fsp3) is 0.400. The summed E-state index contributed by atoms with van der Waals surface area (Å²) in [6, 6.07) is 1.48. The quantitative estimate of drug-likeness (QED) is 0.668. The SMILES string of the molecule is CCNCc1cc(S(=O)(=O)NCc2ncn[nH]2)c(Br)o1. The van der Waals surface area contributed by atoms with Crippen molar-refractivity contribution in [2.45, 2.75) is 24.9 Å². The molecular formula is C10H14BrN5O3S. The summed E-state index contributed by atoms with van der Waals surface area (Å²) in [4.78, 5) is 3.90. The summed E-state index contributed by atoms with van der Waals surface area (Å²) in [6.07, 6.45) is 1.31. The van der Waals surface area contributed by atoms with Crippen molar-refractivity contribution in [2.75, 3.05) is 6.54 Å². The molecule has 0 radical (unpaired) electrons. The minimum Gasteiger partial charge on any atom is -0.452 e. The van der Waals surface area contributed by atoms with E-state index in [0.29, 0.717) is 18.1 Å². The number of nitrogens with zero attached hydrogens (tertiary/aromatic N) is 2. The number of hydrogen-bond acceptors (Lipinski definition) is 6. The smallest absolute Gasteiger partial charge is 0.245 e. The number of aromatic amines is 1. The van der Waals surface area contributed by atoms with Gasteiger partial charge in [-0.2, -0.15) is 5.10 Å². The molecule has 110 valence electrons. The number of hydrogen-bond donors (Lipinski definition) is 3. The van der Waals surface area contributed by atoms with Gasteiger partial charge in [0, 0.05) is 6.07 Å². The van der Waals surface area contributed by atoms with Crippen molar-refractivity contribution in [3.8, 4) is 0 Å². The molecule has 3 N–H and O–H groups in total. The van der Waals surface area contributed by atoms with Gasteiger partial charge in [0.15, 0.2) is 4.67 Å². The Balaban J connectivity index is 2.10. The van der Waals surface area contributed by atoms with Crippen molar-refractivity contribution in [1.82, 2.24) is 25.2 Å². The fourth-order valence-corrected chi connectivity index (χ4v) is 3.46. The van der Waals surface area contributed by atoms with Crippen LogP contribution in [0.2, 0.25) is 0 Å². The number of halogens is 1. The van der Waals surface area contributed by atoms with E-state index in [-0.39, 0.29) is 16.1 Å². The Labute approximate surface area is 124 Å². The number of sulfonamides is 1. The Bertz CT molecular complexity index is 652. The predicted octanol–water partition coefficient (Wildman–Crippen LogP) is 0.748. The van der Waals surface area contributed by atoms with E-state index in [1.165, 1.54) is 12.4 Å². The number of H-pyrrole nitrogens is 1. The highest BCUT2D eigenvalue weighted by Gasteiger charge is 2.22. The molecule has 2 aromatic heterocycles. The van der Waals surface area contributed by atoms with Crippen LogP contribution in [0.5, 0.6) is 0 Å². The van der Waals surface area contributed by atoms with Gasteiger partial charge in [-0.1, -0.05) is 6.92 Å². The van der Waals surface area contributed by atoms with Gasteiger partial charge < -0.3 is 9.73 Å². The molecule has 0 saturated carbocycles. The highest BCUT2D eigenvalue weighted by Crippen LogP contribution is 2.26. The second-order valence-corrected chi connectivity index (χ2v) is 6.34. The second-order valence-electron chi connectivity index (χ2n) is 3.89. The lowest BCUT2D eigenvalue weighted by Gasteiger charge is -2.02. The van der Waals surface area contributed by atoms with Crippen LogP contribution in [0.4, 0.5) is 0 Å². The minimum absolute atomic E-state index is 0.0303. The lowest BCUT2D eigenvalue weighted by atomic mass is 10.4. The molecule has 0 fully saturated rings. The van der Waals surface area contributed by atoms with Crippen LogP contribution in [0.15, 0.2) is 26.4 Å². The summed E-state index contributed by atoms with van der Waals surface area (Å²) in [5.74, 6) is 0.972. The molecule has 2 aromatic rings. The van der Waals surface area contributed by atoms with Crippen LogP contribution in [-0.4, -0.2) is 30.1 Å². The van der Waals surface area contributed by atoms with E-state index >= 15 is 0 Å². The average molecular weight is 364 g/mol. The van der Waals surface area contributed by atoms with E-state index in [2.05, 4.69) is 41.2 Å². The zero-order valence-corrected chi connectivity index (χ0v) is 13.1. The Morgan fingerprint density at radius 1 is 1.45 bits per heavy atom. The van der Waals surface area contributed by atoms with Gasteiger partial charge in [-0.15, -0.1) is 0 Å². The van der Waals surface area contributed by atoms with Crippen molar-refractivity contribution < 1.29 is 12.8 Å². The van der Waals surface area contributed by atoms with E-state index in [4.69, 9.17) is 4.42 Å². The largest absolute Gasteiger partial charge is 0.452 e. The minimum atomic E-state index is -3.68. The Morgan fingerprint density at radius 3 is 2.90 bits per heavy atom. The van der Waals surface area contributed by atoms with Crippen molar-refractivity contribution in [3.63, 3.8) is 0 Å². The zero-order chi connectivity index (χ0) is 14.6. The summed E-state index contributed by atoms with van der Waals surface area (Å²) in [7, 11) is -3.68. The third kappa shape index (κ3) is 3.66. The molecule has 0 unspecified atom stereocenters. The number of aromatic nitrogens is 3. The van der Waals surface area contributed by atoms with Gasteiger partial charge in [-0.05, 0) is 22.5 Å². The van der Waals surface area contributed by atoms with Crippen molar-refractivity contribution in [2.24, 2.45) is 0 Å². The average Bonchev–Trinajstić information content (AvgIpc) is 3.03. The van der Waals surface area contributed by atoms with E-state index in [1.807, 2.05) is 6.92 Å². The van der Waals surface area contributed by atoms with Crippen molar-refractivity contribution in [3.05, 3.63) is 28.6 Å². The molecule has 0 amide bonds. The summed E-state index contributed by atoms with van der Waals surface area (Å²) in [6.45, 7) is 3.22. The van der Waals surface area contributed by atoms with E-state index in [9.17, 15) is 8.42 Å². The van der Waals surface area contributed by atoms with Crippen molar-refractivity contribution >= 4 is 26.0 Å².